The average molecular weight is 394 g/mol. The topological polar surface area (TPSA) is 90.7 Å². The molecule has 1 heterocycles. The Labute approximate surface area is 161 Å². The van der Waals surface area contributed by atoms with E-state index in [2.05, 4.69) is 10.3 Å². The highest BCUT2D eigenvalue weighted by Crippen LogP contribution is 2.32. The van der Waals surface area contributed by atoms with E-state index in [1.165, 1.54) is 0 Å². The quantitative estimate of drug-likeness (QED) is 0.703. The maximum atomic E-state index is 12.3. The first-order chi connectivity index (χ1) is 12.9. The number of aromatic nitrogens is 1. The lowest BCUT2D eigenvalue weighted by Crippen LogP contribution is -2.35. The first-order valence-electron chi connectivity index (χ1n) is 8.70. The van der Waals surface area contributed by atoms with Gasteiger partial charge in [-0.1, -0.05) is 6.92 Å². The Bertz CT molecular complexity index is 818. The van der Waals surface area contributed by atoms with Crippen LogP contribution in [0.1, 0.15) is 31.7 Å². The monoisotopic (exact) mass is 394 g/mol. The van der Waals surface area contributed by atoms with Crippen LogP contribution in [0.2, 0.25) is 0 Å². The van der Waals surface area contributed by atoms with Crippen molar-refractivity contribution in [1.82, 2.24) is 10.3 Å². The normalized spacial score (nSPS) is 13.1. The molecule has 2 rings (SSSR count). The van der Waals surface area contributed by atoms with Gasteiger partial charge < -0.3 is 19.2 Å². The van der Waals surface area contributed by atoms with E-state index in [4.69, 9.17) is 13.9 Å². The average Bonchev–Trinajstić information content (AvgIpc) is 3.00. The van der Waals surface area contributed by atoms with Crippen LogP contribution in [0, 0.1) is 6.92 Å². The van der Waals surface area contributed by atoms with Crippen LogP contribution < -0.4 is 14.8 Å². The van der Waals surface area contributed by atoms with Gasteiger partial charge in [-0.05, 0) is 38.5 Å². The predicted octanol–water partition coefficient (Wildman–Crippen LogP) is 2.83. The van der Waals surface area contributed by atoms with Gasteiger partial charge >= 0.3 is 0 Å². The molecule has 0 fully saturated rings. The predicted molar refractivity (Wildman–Crippen MR) is 104 cm³/mol. The number of amides is 1. The number of rotatable bonds is 9. The maximum Gasteiger partial charge on any atom is 0.232 e. The molecular formula is C19H26N2O5S. The molecule has 1 aromatic carbocycles. The SMILES string of the molecule is CC[C@@H](C)NC(=O)C[S@](=O)Cc1nc(-c2ccc(OC)c(OC)c2)oc1C. The van der Waals surface area contributed by atoms with E-state index < -0.39 is 10.8 Å². The van der Waals surface area contributed by atoms with Gasteiger partial charge in [0, 0.05) is 22.4 Å². The first-order valence-corrected chi connectivity index (χ1v) is 10.2. The number of nitrogens with one attached hydrogen (secondary N) is 1. The molecule has 0 aliphatic rings. The minimum Gasteiger partial charge on any atom is -0.493 e. The van der Waals surface area contributed by atoms with Gasteiger partial charge in [0.05, 0.1) is 25.7 Å². The largest absolute Gasteiger partial charge is 0.493 e. The zero-order valence-electron chi connectivity index (χ0n) is 16.3. The van der Waals surface area contributed by atoms with Crippen molar-refractivity contribution in [2.45, 2.75) is 39.0 Å². The lowest BCUT2D eigenvalue weighted by atomic mass is 10.2. The number of carbonyl (C=O) groups is 1. The van der Waals surface area contributed by atoms with Crippen molar-refractivity contribution in [1.29, 1.82) is 0 Å². The van der Waals surface area contributed by atoms with E-state index in [1.807, 2.05) is 19.9 Å². The summed E-state index contributed by atoms with van der Waals surface area (Å²) in [5.41, 5.74) is 1.30. The maximum absolute atomic E-state index is 12.3. The summed E-state index contributed by atoms with van der Waals surface area (Å²) >= 11 is 0. The Morgan fingerprint density at radius 2 is 2.00 bits per heavy atom. The van der Waals surface area contributed by atoms with Crippen molar-refractivity contribution in [2.24, 2.45) is 0 Å². The minimum atomic E-state index is -1.36. The Hall–Kier alpha value is -2.35. The van der Waals surface area contributed by atoms with E-state index in [0.29, 0.717) is 28.8 Å². The Kier molecular flexibility index (Phi) is 7.41. The van der Waals surface area contributed by atoms with Crippen LogP contribution in [-0.4, -0.2) is 41.1 Å². The smallest absolute Gasteiger partial charge is 0.232 e. The standard InChI is InChI=1S/C19H26N2O5S/c1-6-12(2)20-18(22)11-27(23)10-15-13(3)26-19(21-15)14-7-8-16(24-4)17(9-14)25-5/h7-9,12H,6,10-11H2,1-5H3,(H,20,22)/t12-,27-/m1/s1. The highest BCUT2D eigenvalue weighted by atomic mass is 32.2. The van der Waals surface area contributed by atoms with Gasteiger partial charge in [0.1, 0.15) is 11.5 Å². The Balaban J connectivity index is 2.10. The molecule has 2 aromatic rings. The van der Waals surface area contributed by atoms with Crippen LogP contribution in [0.4, 0.5) is 0 Å². The zero-order chi connectivity index (χ0) is 20.0. The number of benzene rings is 1. The van der Waals surface area contributed by atoms with Gasteiger partial charge in [-0.25, -0.2) is 4.98 Å². The van der Waals surface area contributed by atoms with Crippen LogP contribution in [0.15, 0.2) is 22.6 Å². The third-order valence-corrected chi connectivity index (χ3v) is 5.31. The highest BCUT2D eigenvalue weighted by molar-refractivity contribution is 7.84. The number of nitrogens with zero attached hydrogens (tertiary/aromatic N) is 1. The zero-order valence-corrected chi connectivity index (χ0v) is 17.1. The fourth-order valence-electron chi connectivity index (χ4n) is 2.42. The summed E-state index contributed by atoms with van der Waals surface area (Å²) in [6, 6.07) is 5.42. The molecule has 148 valence electrons. The molecular weight excluding hydrogens is 368 g/mol. The fraction of sp³-hybridized carbons (Fsp3) is 0.474. The molecule has 1 N–H and O–H groups in total. The number of aryl methyl sites for hydroxylation is 1. The van der Waals surface area contributed by atoms with E-state index in [1.54, 1.807) is 33.3 Å². The summed E-state index contributed by atoms with van der Waals surface area (Å²) in [4.78, 5) is 16.3. The summed E-state index contributed by atoms with van der Waals surface area (Å²) in [6.45, 7) is 5.66. The molecule has 1 aromatic heterocycles. The lowest BCUT2D eigenvalue weighted by Gasteiger charge is -2.10. The summed E-state index contributed by atoms with van der Waals surface area (Å²) < 4.78 is 28.5. The number of oxazole rings is 1. The molecule has 0 radical (unpaired) electrons. The van der Waals surface area contributed by atoms with Gasteiger partial charge in [0.2, 0.25) is 11.8 Å². The number of hydrogen-bond acceptors (Lipinski definition) is 6. The second kappa shape index (κ2) is 9.55. The molecule has 1 amide bonds. The lowest BCUT2D eigenvalue weighted by molar-refractivity contribution is -0.119. The second-order valence-corrected chi connectivity index (χ2v) is 7.65. The Morgan fingerprint density at radius 3 is 2.63 bits per heavy atom. The minimum absolute atomic E-state index is 0.0532. The summed E-state index contributed by atoms with van der Waals surface area (Å²) in [6.07, 6.45) is 0.829. The van der Waals surface area contributed by atoms with Crippen molar-refractivity contribution >= 4 is 16.7 Å². The summed E-state index contributed by atoms with van der Waals surface area (Å²) in [5.74, 6) is 2.05. The summed E-state index contributed by atoms with van der Waals surface area (Å²) in [5, 5.41) is 2.81. The van der Waals surface area contributed by atoms with Crippen LogP contribution in [0.5, 0.6) is 11.5 Å². The van der Waals surface area contributed by atoms with Crippen molar-refractivity contribution in [3.8, 4) is 23.0 Å². The number of ether oxygens (including phenoxy) is 2. The van der Waals surface area contributed by atoms with Crippen LogP contribution >= 0.6 is 0 Å². The van der Waals surface area contributed by atoms with Gasteiger partial charge in [0.25, 0.3) is 0 Å². The van der Waals surface area contributed by atoms with E-state index >= 15 is 0 Å². The Morgan fingerprint density at radius 1 is 1.30 bits per heavy atom. The van der Waals surface area contributed by atoms with Crippen LogP contribution in [0.25, 0.3) is 11.5 Å². The molecule has 0 bridgehead atoms. The van der Waals surface area contributed by atoms with Gasteiger partial charge in [0.15, 0.2) is 11.5 Å². The van der Waals surface area contributed by atoms with Crippen molar-refractivity contribution < 1.29 is 22.9 Å². The fourth-order valence-corrected chi connectivity index (χ4v) is 3.47. The van der Waals surface area contributed by atoms with E-state index in [-0.39, 0.29) is 23.5 Å². The number of carbonyl (C=O) groups excluding carboxylic acids is 1. The first kappa shape index (κ1) is 21.0. The third kappa shape index (κ3) is 5.56. The van der Waals surface area contributed by atoms with Crippen LogP contribution in [-0.2, 0) is 21.3 Å². The van der Waals surface area contributed by atoms with Gasteiger partial charge in [-0.2, -0.15) is 0 Å². The molecule has 2 atom stereocenters. The number of methoxy groups -OCH3 is 2. The highest BCUT2D eigenvalue weighted by Gasteiger charge is 2.17. The van der Waals surface area contributed by atoms with Gasteiger partial charge in [-0.3, -0.25) is 9.00 Å². The van der Waals surface area contributed by atoms with E-state index in [9.17, 15) is 9.00 Å². The molecule has 0 aliphatic carbocycles. The summed E-state index contributed by atoms with van der Waals surface area (Å²) in [7, 11) is 1.76. The molecule has 0 saturated carbocycles. The molecule has 0 aliphatic heterocycles. The van der Waals surface area contributed by atoms with Gasteiger partial charge in [-0.15, -0.1) is 0 Å². The van der Waals surface area contributed by atoms with Crippen molar-refractivity contribution in [3.05, 3.63) is 29.7 Å². The molecule has 8 heteroatoms. The molecule has 7 nitrogen and oxygen atoms in total. The third-order valence-electron chi connectivity index (χ3n) is 4.13. The molecule has 0 spiro atoms. The van der Waals surface area contributed by atoms with Crippen molar-refractivity contribution in [3.63, 3.8) is 0 Å². The molecule has 0 unspecified atom stereocenters. The molecule has 0 saturated heterocycles. The van der Waals surface area contributed by atoms with Crippen LogP contribution in [0.3, 0.4) is 0 Å². The van der Waals surface area contributed by atoms with E-state index in [0.717, 1.165) is 12.0 Å². The molecule has 27 heavy (non-hydrogen) atoms. The number of hydrogen-bond donors (Lipinski definition) is 1. The second-order valence-electron chi connectivity index (χ2n) is 6.20. The van der Waals surface area contributed by atoms with Crippen molar-refractivity contribution in [2.75, 3.05) is 20.0 Å².